The highest BCUT2D eigenvalue weighted by molar-refractivity contribution is 5.41. The summed E-state index contributed by atoms with van der Waals surface area (Å²) in [6.07, 6.45) is 5.47. The quantitative estimate of drug-likeness (QED) is 0.839. The number of hydrogen-bond acceptors (Lipinski definition) is 2. The highest BCUT2D eigenvalue weighted by Gasteiger charge is 2.21. The van der Waals surface area contributed by atoms with Gasteiger partial charge in [0.05, 0.1) is 6.54 Å². The van der Waals surface area contributed by atoms with Crippen LogP contribution in [0.3, 0.4) is 0 Å². The lowest BCUT2D eigenvalue weighted by molar-refractivity contribution is 0.200. The molecule has 0 unspecified atom stereocenters. The van der Waals surface area contributed by atoms with E-state index >= 15 is 0 Å². The topological polar surface area (TPSA) is 29.3 Å². The third-order valence-corrected chi connectivity index (χ3v) is 3.96. The molecule has 0 saturated heterocycles. The van der Waals surface area contributed by atoms with Crippen LogP contribution in [0.2, 0.25) is 0 Å². The first kappa shape index (κ1) is 14.1. The van der Waals surface area contributed by atoms with Gasteiger partial charge in [0, 0.05) is 18.2 Å². The summed E-state index contributed by atoms with van der Waals surface area (Å²) < 4.78 is 0. The van der Waals surface area contributed by atoms with E-state index in [1.807, 2.05) is 0 Å². The third-order valence-electron chi connectivity index (χ3n) is 3.96. The largest absolute Gasteiger partial charge is 0.320 e. The van der Waals surface area contributed by atoms with E-state index in [0.717, 1.165) is 24.7 Å². The van der Waals surface area contributed by atoms with Gasteiger partial charge in [-0.3, -0.25) is 4.90 Å². The first-order chi connectivity index (χ1) is 9.35. The lowest BCUT2D eigenvalue weighted by Crippen LogP contribution is -2.32. The van der Waals surface area contributed by atoms with E-state index in [1.165, 1.54) is 31.2 Å². The van der Waals surface area contributed by atoms with Crippen molar-refractivity contribution in [2.45, 2.75) is 45.2 Å². The predicted octanol–water partition coefficient (Wildman–Crippen LogP) is 2.76. The van der Waals surface area contributed by atoms with Crippen molar-refractivity contribution in [3.63, 3.8) is 0 Å². The van der Waals surface area contributed by atoms with Crippen LogP contribution < -0.4 is 5.73 Å². The molecular weight excluding hydrogens is 232 g/mol. The molecule has 1 fully saturated rings. The van der Waals surface area contributed by atoms with E-state index in [0.29, 0.717) is 6.54 Å². The van der Waals surface area contributed by atoms with Crippen molar-refractivity contribution >= 4 is 0 Å². The Morgan fingerprint density at radius 2 is 2.00 bits per heavy atom. The number of hydrogen-bond donors (Lipinski definition) is 1. The Hall–Kier alpha value is -1.30. The maximum absolute atomic E-state index is 5.47. The van der Waals surface area contributed by atoms with Gasteiger partial charge in [0.15, 0.2) is 0 Å². The second kappa shape index (κ2) is 7.33. The van der Waals surface area contributed by atoms with Crippen molar-refractivity contribution < 1.29 is 0 Å². The van der Waals surface area contributed by atoms with Gasteiger partial charge in [-0.1, -0.05) is 49.8 Å². The zero-order chi connectivity index (χ0) is 13.5. The number of nitrogens with two attached hydrogens (primary N) is 1. The zero-order valence-corrected chi connectivity index (χ0v) is 11.9. The zero-order valence-electron chi connectivity index (χ0n) is 11.9. The molecule has 1 aliphatic rings. The van der Waals surface area contributed by atoms with Crippen LogP contribution in [0.15, 0.2) is 24.3 Å². The Balaban J connectivity index is 2.12. The van der Waals surface area contributed by atoms with Crippen molar-refractivity contribution in [2.24, 2.45) is 5.73 Å². The fourth-order valence-electron chi connectivity index (χ4n) is 2.91. The second-order valence-corrected chi connectivity index (χ2v) is 5.16. The third kappa shape index (κ3) is 3.83. The standard InChI is InChI=1S/C17H24N2/c1-2-19(17-11-5-6-12-17)14-16-9-4-3-8-15(16)10-7-13-18/h3-4,8-9,17H,2,5-6,11-14,18H2,1H3. The average molecular weight is 256 g/mol. The van der Waals surface area contributed by atoms with Gasteiger partial charge in [0.25, 0.3) is 0 Å². The molecule has 0 amide bonds. The van der Waals surface area contributed by atoms with Crippen LogP contribution in [-0.4, -0.2) is 24.0 Å². The van der Waals surface area contributed by atoms with Gasteiger partial charge in [-0.05, 0) is 31.0 Å². The van der Waals surface area contributed by atoms with E-state index < -0.39 is 0 Å². The molecule has 0 aromatic heterocycles. The van der Waals surface area contributed by atoms with Crippen molar-refractivity contribution in [3.8, 4) is 11.8 Å². The highest BCUT2D eigenvalue weighted by Crippen LogP contribution is 2.25. The van der Waals surface area contributed by atoms with Crippen LogP contribution in [0.4, 0.5) is 0 Å². The summed E-state index contributed by atoms with van der Waals surface area (Å²) in [6, 6.07) is 9.21. The molecule has 102 valence electrons. The fourth-order valence-corrected chi connectivity index (χ4v) is 2.91. The molecule has 0 bridgehead atoms. The van der Waals surface area contributed by atoms with E-state index in [4.69, 9.17) is 5.73 Å². The van der Waals surface area contributed by atoms with Gasteiger partial charge in [0.1, 0.15) is 0 Å². The molecule has 2 N–H and O–H groups in total. The molecule has 1 aromatic carbocycles. The van der Waals surface area contributed by atoms with Crippen molar-refractivity contribution in [1.29, 1.82) is 0 Å². The number of benzene rings is 1. The average Bonchev–Trinajstić information content (AvgIpc) is 2.97. The minimum Gasteiger partial charge on any atom is -0.320 e. The Kier molecular flexibility index (Phi) is 5.44. The summed E-state index contributed by atoms with van der Waals surface area (Å²) in [5.41, 5.74) is 7.93. The first-order valence-electron chi connectivity index (χ1n) is 7.36. The van der Waals surface area contributed by atoms with E-state index in [1.54, 1.807) is 0 Å². The normalized spacial score (nSPS) is 15.5. The molecule has 0 spiro atoms. The molecule has 1 saturated carbocycles. The van der Waals surface area contributed by atoms with Crippen LogP contribution in [0.25, 0.3) is 0 Å². The van der Waals surface area contributed by atoms with Crippen LogP contribution in [-0.2, 0) is 6.54 Å². The molecule has 0 radical (unpaired) electrons. The van der Waals surface area contributed by atoms with Crippen molar-refractivity contribution in [2.75, 3.05) is 13.1 Å². The van der Waals surface area contributed by atoms with Crippen LogP contribution >= 0.6 is 0 Å². The van der Waals surface area contributed by atoms with E-state index in [2.05, 4.69) is 47.9 Å². The van der Waals surface area contributed by atoms with Gasteiger partial charge in [0.2, 0.25) is 0 Å². The predicted molar refractivity (Wildman–Crippen MR) is 80.7 cm³/mol. The summed E-state index contributed by atoms with van der Waals surface area (Å²) in [7, 11) is 0. The van der Waals surface area contributed by atoms with Crippen LogP contribution in [0.1, 0.15) is 43.7 Å². The monoisotopic (exact) mass is 256 g/mol. The minimum atomic E-state index is 0.425. The first-order valence-corrected chi connectivity index (χ1v) is 7.36. The number of rotatable bonds is 4. The van der Waals surface area contributed by atoms with Crippen LogP contribution in [0.5, 0.6) is 0 Å². The Labute approximate surface area is 117 Å². The van der Waals surface area contributed by atoms with Gasteiger partial charge in [-0.15, -0.1) is 0 Å². The highest BCUT2D eigenvalue weighted by atomic mass is 15.1. The second-order valence-electron chi connectivity index (χ2n) is 5.16. The van der Waals surface area contributed by atoms with Crippen LogP contribution in [0, 0.1) is 11.8 Å². The fraction of sp³-hybridized carbons (Fsp3) is 0.529. The summed E-state index contributed by atoms with van der Waals surface area (Å²) in [4.78, 5) is 2.59. The molecule has 2 nitrogen and oxygen atoms in total. The van der Waals surface area contributed by atoms with E-state index in [9.17, 15) is 0 Å². The smallest absolute Gasteiger partial charge is 0.0555 e. The lowest BCUT2D eigenvalue weighted by Gasteiger charge is -2.27. The Morgan fingerprint density at radius 1 is 1.26 bits per heavy atom. The van der Waals surface area contributed by atoms with Crippen molar-refractivity contribution in [3.05, 3.63) is 35.4 Å². The molecule has 1 aromatic rings. The minimum absolute atomic E-state index is 0.425. The van der Waals surface area contributed by atoms with Gasteiger partial charge in [-0.2, -0.15) is 0 Å². The SMILES string of the molecule is CCN(Cc1ccccc1C#CCN)C1CCCC1. The maximum atomic E-state index is 5.47. The Morgan fingerprint density at radius 3 is 2.68 bits per heavy atom. The van der Waals surface area contributed by atoms with Gasteiger partial charge >= 0.3 is 0 Å². The molecule has 0 heterocycles. The molecule has 2 rings (SSSR count). The summed E-state index contributed by atoms with van der Waals surface area (Å²) >= 11 is 0. The molecule has 1 aliphatic carbocycles. The lowest BCUT2D eigenvalue weighted by atomic mass is 10.1. The van der Waals surface area contributed by atoms with Gasteiger partial charge in [-0.25, -0.2) is 0 Å². The summed E-state index contributed by atoms with van der Waals surface area (Å²) in [5.74, 6) is 6.16. The van der Waals surface area contributed by atoms with E-state index in [-0.39, 0.29) is 0 Å². The number of nitrogens with zero attached hydrogens (tertiary/aromatic N) is 1. The van der Waals surface area contributed by atoms with Gasteiger partial charge < -0.3 is 5.73 Å². The Bertz CT molecular complexity index is 450. The molecule has 0 atom stereocenters. The molecule has 19 heavy (non-hydrogen) atoms. The molecule has 0 aliphatic heterocycles. The summed E-state index contributed by atoms with van der Waals surface area (Å²) in [5, 5.41) is 0. The maximum Gasteiger partial charge on any atom is 0.0555 e. The summed E-state index contributed by atoms with van der Waals surface area (Å²) in [6.45, 7) is 4.81. The molecular formula is C17H24N2. The van der Waals surface area contributed by atoms with Crippen molar-refractivity contribution in [1.82, 2.24) is 4.90 Å². The molecule has 2 heteroatoms.